The van der Waals surface area contributed by atoms with E-state index in [4.69, 9.17) is 0 Å². The molecule has 3 nitrogen and oxygen atoms in total. The van der Waals surface area contributed by atoms with Crippen molar-refractivity contribution in [3.8, 4) is 0 Å². The molecule has 3 rings (SSSR count). The first-order chi connectivity index (χ1) is 10.3. The summed E-state index contributed by atoms with van der Waals surface area (Å²) in [7, 11) is 1.70. The van der Waals surface area contributed by atoms with Crippen molar-refractivity contribution >= 4 is 11.4 Å². The molecule has 1 aliphatic heterocycles. The van der Waals surface area contributed by atoms with Gasteiger partial charge in [-0.25, -0.2) is 0 Å². The van der Waals surface area contributed by atoms with Crippen LogP contribution in [0.2, 0.25) is 0 Å². The largest absolute Gasteiger partial charge is 0.341 e. The lowest BCUT2D eigenvalue weighted by molar-refractivity contribution is -0.0646. The van der Waals surface area contributed by atoms with E-state index in [-0.39, 0.29) is 0 Å². The average Bonchev–Trinajstić information content (AvgIpc) is 2.65. The van der Waals surface area contributed by atoms with Crippen LogP contribution in [-0.4, -0.2) is 30.4 Å². The molecule has 1 N–H and O–H groups in total. The summed E-state index contributed by atoms with van der Waals surface area (Å²) in [5.74, 6) is 0. The number of aryl methyl sites for hydroxylation is 2. The highest BCUT2D eigenvalue weighted by molar-refractivity contribution is 5.71. The molecule has 2 aromatic carbocycles. The zero-order chi connectivity index (χ0) is 14.7. The molecule has 0 atom stereocenters. The van der Waals surface area contributed by atoms with E-state index < -0.39 is 0 Å². The smallest absolute Gasteiger partial charge is 0.0443 e. The van der Waals surface area contributed by atoms with Crippen LogP contribution in [0, 0.1) is 0 Å². The maximum Gasteiger partial charge on any atom is 0.0443 e. The predicted octanol–water partition coefficient (Wildman–Crippen LogP) is 3.63. The van der Waals surface area contributed by atoms with Crippen molar-refractivity contribution in [2.75, 3.05) is 25.0 Å². The van der Waals surface area contributed by atoms with Crippen LogP contribution in [0.1, 0.15) is 17.5 Å². The molecule has 0 aliphatic carbocycles. The van der Waals surface area contributed by atoms with Gasteiger partial charge in [-0.05, 0) is 42.5 Å². The molecule has 3 heteroatoms. The van der Waals surface area contributed by atoms with Gasteiger partial charge >= 0.3 is 0 Å². The van der Waals surface area contributed by atoms with Crippen molar-refractivity contribution < 1.29 is 5.21 Å². The molecule has 0 bridgehead atoms. The van der Waals surface area contributed by atoms with Gasteiger partial charge in [0.2, 0.25) is 0 Å². The normalized spacial score (nSPS) is 13.8. The van der Waals surface area contributed by atoms with Gasteiger partial charge in [-0.2, -0.15) is 5.06 Å². The number of hydrogen-bond donors (Lipinski definition) is 1. The second-order valence-electron chi connectivity index (χ2n) is 5.64. The Bertz CT molecular complexity index is 562. The van der Waals surface area contributed by atoms with Crippen LogP contribution in [0.15, 0.2) is 48.5 Å². The number of fused-ring (bicyclic) bond motifs is 2. The third-order valence-corrected chi connectivity index (χ3v) is 4.09. The Kier molecular flexibility index (Phi) is 4.23. The summed E-state index contributed by atoms with van der Waals surface area (Å²) in [5.41, 5.74) is 5.43. The Hall–Kier alpha value is -1.84. The van der Waals surface area contributed by atoms with Crippen LogP contribution in [0.5, 0.6) is 0 Å². The predicted molar refractivity (Wildman–Crippen MR) is 86.3 cm³/mol. The highest BCUT2D eigenvalue weighted by Gasteiger charge is 2.19. The first kappa shape index (κ1) is 14.1. The summed E-state index contributed by atoms with van der Waals surface area (Å²) >= 11 is 0. The van der Waals surface area contributed by atoms with Crippen molar-refractivity contribution in [2.24, 2.45) is 0 Å². The van der Waals surface area contributed by atoms with E-state index in [1.165, 1.54) is 27.6 Å². The van der Waals surface area contributed by atoms with Gasteiger partial charge in [-0.3, -0.25) is 0 Å². The van der Waals surface area contributed by atoms with E-state index in [9.17, 15) is 5.21 Å². The number of hydrogen-bond acceptors (Lipinski definition) is 3. The fourth-order valence-corrected chi connectivity index (χ4v) is 3.07. The molecule has 1 aliphatic rings. The lowest BCUT2D eigenvalue weighted by atomic mass is 10.0. The lowest BCUT2D eigenvalue weighted by Crippen LogP contribution is -2.24. The first-order valence-corrected chi connectivity index (χ1v) is 7.59. The van der Waals surface area contributed by atoms with Crippen molar-refractivity contribution in [3.05, 3.63) is 59.7 Å². The minimum absolute atomic E-state index is 0.681. The summed E-state index contributed by atoms with van der Waals surface area (Å²) in [5, 5.41) is 10.6. The molecule has 0 fully saturated rings. The Labute approximate surface area is 126 Å². The topological polar surface area (TPSA) is 26.7 Å². The second kappa shape index (κ2) is 6.29. The minimum Gasteiger partial charge on any atom is -0.341 e. The van der Waals surface area contributed by atoms with E-state index in [1.54, 1.807) is 7.05 Å². The van der Waals surface area contributed by atoms with E-state index in [2.05, 4.69) is 53.4 Å². The summed E-state index contributed by atoms with van der Waals surface area (Å²) < 4.78 is 0. The SMILES string of the molecule is CN(O)CCCN1c2ccccc2CCc2ccccc21. The number of rotatable bonds is 4. The molecular formula is C18H22N2O. The summed E-state index contributed by atoms with van der Waals surface area (Å²) in [6, 6.07) is 17.3. The third-order valence-electron chi connectivity index (χ3n) is 4.09. The molecule has 21 heavy (non-hydrogen) atoms. The summed E-state index contributed by atoms with van der Waals surface area (Å²) in [4.78, 5) is 2.40. The molecule has 0 aromatic heterocycles. The molecule has 0 radical (unpaired) electrons. The molecule has 0 saturated carbocycles. The fourth-order valence-electron chi connectivity index (χ4n) is 3.07. The molecule has 0 spiro atoms. The number of para-hydroxylation sites is 2. The summed E-state index contributed by atoms with van der Waals surface area (Å²) in [6.45, 7) is 1.60. The molecule has 2 aromatic rings. The van der Waals surface area contributed by atoms with Crippen LogP contribution in [0.25, 0.3) is 0 Å². The maximum atomic E-state index is 9.34. The standard InChI is InChI=1S/C18H22N2O/c1-19(21)13-6-14-20-17-9-4-2-7-15(17)11-12-16-8-3-5-10-18(16)20/h2-5,7-10,21H,6,11-14H2,1H3. The van der Waals surface area contributed by atoms with Gasteiger partial charge in [0.1, 0.15) is 0 Å². The monoisotopic (exact) mass is 282 g/mol. The van der Waals surface area contributed by atoms with Crippen molar-refractivity contribution in [2.45, 2.75) is 19.3 Å². The van der Waals surface area contributed by atoms with Gasteiger partial charge in [-0.15, -0.1) is 0 Å². The quantitative estimate of drug-likeness (QED) is 0.867. The molecule has 0 unspecified atom stereocenters. The Morgan fingerprint density at radius 1 is 0.952 bits per heavy atom. The fraction of sp³-hybridized carbons (Fsp3) is 0.333. The third kappa shape index (κ3) is 3.09. The Morgan fingerprint density at radius 2 is 1.48 bits per heavy atom. The number of benzene rings is 2. The van der Waals surface area contributed by atoms with Gasteiger partial charge in [-0.1, -0.05) is 36.4 Å². The van der Waals surface area contributed by atoms with E-state index in [1.807, 2.05) is 0 Å². The number of nitrogens with zero attached hydrogens (tertiary/aromatic N) is 2. The lowest BCUT2D eigenvalue weighted by Gasteiger charge is -2.27. The second-order valence-corrected chi connectivity index (χ2v) is 5.64. The van der Waals surface area contributed by atoms with Crippen molar-refractivity contribution in [3.63, 3.8) is 0 Å². The molecular weight excluding hydrogens is 260 g/mol. The van der Waals surface area contributed by atoms with Gasteiger partial charge in [0, 0.05) is 31.5 Å². The van der Waals surface area contributed by atoms with Crippen molar-refractivity contribution in [1.29, 1.82) is 0 Å². The minimum atomic E-state index is 0.681. The molecule has 110 valence electrons. The molecule has 0 saturated heterocycles. The van der Waals surface area contributed by atoms with Gasteiger partial charge in [0.25, 0.3) is 0 Å². The Balaban J connectivity index is 1.95. The van der Waals surface area contributed by atoms with E-state index >= 15 is 0 Å². The van der Waals surface area contributed by atoms with E-state index in [0.717, 1.165) is 25.8 Å². The Morgan fingerprint density at radius 3 is 2.00 bits per heavy atom. The van der Waals surface area contributed by atoms with Crippen LogP contribution in [-0.2, 0) is 12.8 Å². The first-order valence-electron chi connectivity index (χ1n) is 7.59. The summed E-state index contributed by atoms with van der Waals surface area (Å²) in [6.07, 6.45) is 3.10. The van der Waals surface area contributed by atoms with Gasteiger partial charge in [0.05, 0.1) is 0 Å². The number of anilines is 2. The maximum absolute atomic E-state index is 9.34. The highest BCUT2D eigenvalue weighted by atomic mass is 16.5. The van der Waals surface area contributed by atoms with Crippen LogP contribution < -0.4 is 4.90 Å². The molecule has 0 amide bonds. The van der Waals surface area contributed by atoms with Crippen LogP contribution >= 0.6 is 0 Å². The van der Waals surface area contributed by atoms with E-state index in [0.29, 0.717) is 6.54 Å². The van der Waals surface area contributed by atoms with Crippen molar-refractivity contribution in [1.82, 2.24) is 5.06 Å². The van der Waals surface area contributed by atoms with Gasteiger partial charge < -0.3 is 10.1 Å². The van der Waals surface area contributed by atoms with Crippen LogP contribution in [0.4, 0.5) is 11.4 Å². The zero-order valence-corrected chi connectivity index (χ0v) is 12.5. The number of hydroxylamine groups is 2. The zero-order valence-electron chi connectivity index (χ0n) is 12.5. The van der Waals surface area contributed by atoms with Crippen LogP contribution in [0.3, 0.4) is 0 Å². The highest BCUT2D eigenvalue weighted by Crippen LogP contribution is 2.35. The van der Waals surface area contributed by atoms with Gasteiger partial charge in [0.15, 0.2) is 0 Å². The average molecular weight is 282 g/mol. The molecule has 1 heterocycles.